The van der Waals surface area contributed by atoms with Gasteiger partial charge in [0, 0.05) is 43.9 Å². The highest BCUT2D eigenvalue weighted by atomic mass is 19.1. The summed E-state index contributed by atoms with van der Waals surface area (Å²) in [5.41, 5.74) is -0.651. The summed E-state index contributed by atoms with van der Waals surface area (Å²) in [7, 11) is 0. The Morgan fingerprint density at radius 2 is 1.96 bits per heavy atom. The maximum Gasteiger partial charge on any atom is 0.264 e. The molecular weight excluding hydrogens is 341 g/mol. The number of rotatable bonds is 3. The number of alkyl halides is 1. The minimum Gasteiger partial charge on any atom is -0.361 e. The second-order valence-corrected chi connectivity index (χ2v) is 6.21. The lowest BCUT2D eigenvalue weighted by Crippen LogP contribution is -2.43. The van der Waals surface area contributed by atoms with Crippen LogP contribution < -0.4 is 0 Å². The zero-order valence-electron chi connectivity index (χ0n) is 14.1. The number of nitrogens with zero attached hydrogens (tertiary/aromatic N) is 5. The molecule has 8 nitrogen and oxygen atoms in total. The first-order valence-electron chi connectivity index (χ1n) is 8.21. The number of hydrogen-bond donors (Lipinski definition) is 0. The molecule has 9 heteroatoms. The van der Waals surface area contributed by atoms with Crippen LogP contribution >= 0.6 is 0 Å². The first-order chi connectivity index (χ1) is 12.6. The van der Waals surface area contributed by atoms with Crippen molar-refractivity contribution in [2.75, 3.05) is 13.1 Å². The van der Waals surface area contributed by atoms with Crippen molar-refractivity contribution in [2.45, 2.75) is 25.4 Å². The third kappa shape index (κ3) is 2.85. The zero-order valence-corrected chi connectivity index (χ0v) is 14.1. The maximum atomic E-state index is 15.3. The second-order valence-electron chi connectivity index (χ2n) is 6.21. The van der Waals surface area contributed by atoms with Crippen molar-refractivity contribution in [2.24, 2.45) is 0 Å². The molecule has 134 valence electrons. The molecule has 1 aliphatic heterocycles. The van der Waals surface area contributed by atoms with E-state index in [9.17, 15) is 4.79 Å². The van der Waals surface area contributed by atoms with Gasteiger partial charge in [-0.05, 0) is 19.1 Å². The van der Waals surface area contributed by atoms with Crippen LogP contribution in [0.3, 0.4) is 0 Å². The maximum absolute atomic E-state index is 15.3. The monoisotopic (exact) mass is 357 g/mol. The third-order valence-corrected chi connectivity index (χ3v) is 4.57. The average Bonchev–Trinajstić information content (AvgIpc) is 3.32. The molecule has 26 heavy (non-hydrogen) atoms. The zero-order chi connectivity index (χ0) is 18.1. The Morgan fingerprint density at radius 3 is 2.62 bits per heavy atom. The van der Waals surface area contributed by atoms with Gasteiger partial charge in [-0.3, -0.25) is 9.78 Å². The molecule has 0 spiro atoms. The SMILES string of the molecule is Cc1oncc1C(=O)N1CCC(F)(c2nc(-c3ccncc3)no2)CC1. The van der Waals surface area contributed by atoms with Gasteiger partial charge in [0.1, 0.15) is 11.3 Å². The normalized spacial score (nSPS) is 16.6. The summed E-state index contributed by atoms with van der Waals surface area (Å²) in [6.45, 7) is 2.16. The largest absolute Gasteiger partial charge is 0.361 e. The number of pyridine rings is 1. The van der Waals surface area contributed by atoms with Gasteiger partial charge in [-0.15, -0.1) is 0 Å². The molecule has 3 aromatic heterocycles. The van der Waals surface area contributed by atoms with Crippen LogP contribution in [0, 0.1) is 6.92 Å². The van der Waals surface area contributed by atoms with Gasteiger partial charge in [0.25, 0.3) is 11.8 Å². The molecule has 0 atom stereocenters. The minimum atomic E-state index is -1.75. The number of piperidine rings is 1. The van der Waals surface area contributed by atoms with E-state index in [1.807, 2.05) is 0 Å². The number of hydrogen-bond acceptors (Lipinski definition) is 7. The molecule has 1 aliphatic rings. The predicted octanol–water partition coefficient (Wildman–Crippen LogP) is 2.53. The van der Waals surface area contributed by atoms with E-state index in [0.717, 1.165) is 0 Å². The first-order valence-corrected chi connectivity index (χ1v) is 8.21. The Kier molecular flexibility index (Phi) is 3.98. The molecule has 0 aromatic carbocycles. The smallest absolute Gasteiger partial charge is 0.264 e. The predicted molar refractivity (Wildman–Crippen MR) is 86.7 cm³/mol. The molecule has 0 unspecified atom stereocenters. The van der Waals surface area contributed by atoms with E-state index >= 15 is 4.39 Å². The van der Waals surface area contributed by atoms with Crippen LogP contribution in [0.25, 0.3) is 11.4 Å². The van der Waals surface area contributed by atoms with E-state index in [-0.39, 0.29) is 37.7 Å². The fourth-order valence-corrected chi connectivity index (χ4v) is 2.98. The molecule has 0 aliphatic carbocycles. The summed E-state index contributed by atoms with van der Waals surface area (Å²) in [5.74, 6) is 0.496. The average molecular weight is 357 g/mol. The van der Waals surface area contributed by atoms with Crippen LogP contribution in [-0.2, 0) is 5.67 Å². The summed E-state index contributed by atoms with van der Waals surface area (Å²) in [6, 6.07) is 3.45. The Labute approximate surface area is 148 Å². The fourth-order valence-electron chi connectivity index (χ4n) is 2.98. The van der Waals surface area contributed by atoms with Gasteiger partial charge in [-0.1, -0.05) is 10.3 Å². The highest BCUT2D eigenvalue weighted by Crippen LogP contribution is 2.37. The van der Waals surface area contributed by atoms with E-state index in [0.29, 0.717) is 22.7 Å². The minimum absolute atomic E-state index is 0.0578. The molecule has 3 aromatic rings. The molecule has 0 bridgehead atoms. The Balaban J connectivity index is 1.47. The molecule has 4 rings (SSSR count). The Hall–Kier alpha value is -3.10. The topological polar surface area (TPSA) is 98.2 Å². The third-order valence-electron chi connectivity index (χ3n) is 4.57. The van der Waals surface area contributed by atoms with Crippen molar-refractivity contribution < 1.29 is 18.2 Å². The highest BCUT2D eigenvalue weighted by molar-refractivity contribution is 5.94. The molecule has 4 heterocycles. The molecular formula is C17H16FN5O3. The van der Waals surface area contributed by atoms with Gasteiger partial charge in [-0.25, -0.2) is 4.39 Å². The van der Waals surface area contributed by atoms with Crippen LogP contribution in [0.2, 0.25) is 0 Å². The van der Waals surface area contributed by atoms with Gasteiger partial charge in [0.2, 0.25) is 5.82 Å². The van der Waals surface area contributed by atoms with Crippen LogP contribution in [0.1, 0.15) is 34.9 Å². The quantitative estimate of drug-likeness (QED) is 0.710. The van der Waals surface area contributed by atoms with Crippen LogP contribution in [0.5, 0.6) is 0 Å². The molecule has 0 radical (unpaired) electrons. The van der Waals surface area contributed by atoms with E-state index in [4.69, 9.17) is 9.05 Å². The van der Waals surface area contributed by atoms with Crippen LogP contribution in [-0.4, -0.2) is 44.2 Å². The number of aromatic nitrogens is 4. The van der Waals surface area contributed by atoms with Crippen molar-refractivity contribution in [1.29, 1.82) is 0 Å². The lowest BCUT2D eigenvalue weighted by molar-refractivity contribution is 0.0248. The number of likely N-dealkylation sites (tertiary alicyclic amines) is 1. The first kappa shape index (κ1) is 16.4. The summed E-state index contributed by atoms with van der Waals surface area (Å²) in [4.78, 5) is 22.2. The highest BCUT2D eigenvalue weighted by Gasteiger charge is 2.43. The van der Waals surface area contributed by atoms with Crippen molar-refractivity contribution >= 4 is 5.91 Å². The van der Waals surface area contributed by atoms with Gasteiger partial charge < -0.3 is 13.9 Å². The second kappa shape index (κ2) is 6.32. The number of aryl methyl sites for hydroxylation is 1. The molecule has 0 N–H and O–H groups in total. The van der Waals surface area contributed by atoms with Crippen molar-refractivity contribution in [3.05, 3.63) is 47.9 Å². The summed E-state index contributed by atoms with van der Waals surface area (Å²) in [6.07, 6.45) is 4.76. The van der Waals surface area contributed by atoms with Gasteiger partial charge >= 0.3 is 0 Å². The number of carbonyl (C=O) groups excluding carboxylic acids is 1. The van der Waals surface area contributed by atoms with Crippen molar-refractivity contribution in [3.8, 4) is 11.4 Å². The number of halogens is 1. The standard InChI is InChI=1S/C17H16FN5O3/c1-11-13(10-20-25-11)15(24)23-8-4-17(18,5-9-23)16-21-14(22-26-16)12-2-6-19-7-3-12/h2-3,6-7,10H,4-5,8-9H2,1H3. The summed E-state index contributed by atoms with van der Waals surface area (Å²) < 4.78 is 25.4. The van der Waals surface area contributed by atoms with Gasteiger partial charge in [0.15, 0.2) is 5.67 Å². The lowest BCUT2D eigenvalue weighted by atomic mass is 9.93. The van der Waals surface area contributed by atoms with Crippen LogP contribution in [0.15, 0.2) is 39.8 Å². The van der Waals surface area contributed by atoms with E-state index in [2.05, 4.69) is 20.3 Å². The van der Waals surface area contributed by atoms with Crippen molar-refractivity contribution in [3.63, 3.8) is 0 Å². The molecule has 0 saturated carbocycles. The Bertz CT molecular complexity index is 915. The number of amides is 1. The van der Waals surface area contributed by atoms with Gasteiger partial charge in [0.05, 0.1) is 6.20 Å². The molecule has 1 saturated heterocycles. The fraction of sp³-hybridized carbons (Fsp3) is 0.353. The Morgan fingerprint density at radius 1 is 1.23 bits per heavy atom. The lowest BCUT2D eigenvalue weighted by Gasteiger charge is -2.34. The number of carbonyl (C=O) groups is 1. The summed E-state index contributed by atoms with van der Waals surface area (Å²) in [5, 5.41) is 7.47. The molecule has 1 amide bonds. The molecule has 1 fully saturated rings. The van der Waals surface area contributed by atoms with E-state index in [1.54, 1.807) is 36.4 Å². The van der Waals surface area contributed by atoms with E-state index < -0.39 is 5.67 Å². The summed E-state index contributed by atoms with van der Waals surface area (Å²) >= 11 is 0. The van der Waals surface area contributed by atoms with Gasteiger partial charge in [-0.2, -0.15) is 4.98 Å². The van der Waals surface area contributed by atoms with E-state index in [1.165, 1.54) is 6.20 Å². The van der Waals surface area contributed by atoms with Crippen molar-refractivity contribution in [1.82, 2.24) is 25.2 Å². The van der Waals surface area contributed by atoms with Crippen LogP contribution in [0.4, 0.5) is 4.39 Å².